The fourth-order valence-electron chi connectivity index (χ4n) is 1.52. The van der Waals surface area contributed by atoms with Crippen LogP contribution in [-0.4, -0.2) is 11.1 Å². The number of halogens is 1. The van der Waals surface area contributed by atoms with Crippen LogP contribution in [0.2, 0.25) is 5.02 Å². The topological polar surface area (TPSA) is 63.3 Å². The van der Waals surface area contributed by atoms with E-state index in [4.69, 9.17) is 22.4 Å². The van der Waals surface area contributed by atoms with Crippen LogP contribution in [0.5, 0.6) is 0 Å². The molecule has 0 aliphatic carbocycles. The molecule has 0 spiro atoms. The molecular weight excluding hydrogens is 214 g/mol. The van der Waals surface area contributed by atoms with E-state index in [0.29, 0.717) is 10.7 Å². The van der Waals surface area contributed by atoms with E-state index in [9.17, 15) is 4.79 Å². The zero-order valence-electron chi connectivity index (χ0n) is 8.53. The zero-order chi connectivity index (χ0) is 11.4. The monoisotopic (exact) mass is 227 g/mol. The van der Waals surface area contributed by atoms with Crippen molar-refractivity contribution in [3.8, 4) is 0 Å². The molecule has 0 aliphatic rings. The Morgan fingerprint density at radius 2 is 2.27 bits per heavy atom. The van der Waals surface area contributed by atoms with E-state index in [1.54, 1.807) is 12.1 Å². The third-order valence-electron chi connectivity index (χ3n) is 2.41. The van der Waals surface area contributed by atoms with Gasteiger partial charge in [-0.15, -0.1) is 0 Å². The quantitative estimate of drug-likeness (QED) is 0.778. The van der Waals surface area contributed by atoms with E-state index < -0.39 is 5.97 Å². The second kappa shape index (κ2) is 5.03. The average Bonchev–Trinajstić information content (AvgIpc) is 2.18. The Morgan fingerprint density at radius 3 is 2.73 bits per heavy atom. The van der Waals surface area contributed by atoms with Gasteiger partial charge in [0, 0.05) is 0 Å². The van der Waals surface area contributed by atoms with Crippen LogP contribution in [0.25, 0.3) is 0 Å². The minimum Gasteiger partial charge on any atom is -0.481 e. The maximum Gasteiger partial charge on any atom is 0.303 e. The number of benzene rings is 1. The van der Waals surface area contributed by atoms with Gasteiger partial charge in [0.15, 0.2) is 0 Å². The summed E-state index contributed by atoms with van der Waals surface area (Å²) in [4.78, 5) is 10.6. The van der Waals surface area contributed by atoms with Crippen molar-refractivity contribution in [2.24, 2.45) is 0 Å². The molecule has 0 saturated carbocycles. The maximum atomic E-state index is 10.6. The summed E-state index contributed by atoms with van der Waals surface area (Å²) < 4.78 is 0. The van der Waals surface area contributed by atoms with Crippen LogP contribution < -0.4 is 5.73 Å². The normalized spacial score (nSPS) is 12.4. The number of nitrogens with two attached hydrogens (primary N) is 1. The number of carboxylic acid groups (broad SMARTS) is 1. The van der Waals surface area contributed by atoms with E-state index in [2.05, 4.69) is 0 Å². The van der Waals surface area contributed by atoms with Gasteiger partial charge >= 0.3 is 5.97 Å². The van der Waals surface area contributed by atoms with Gasteiger partial charge in [-0.2, -0.15) is 0 Å². The Bertz CT molecular complexity index is 366. The number of carbonyl (C=O) groups is 1. The van der Waals surface area contributed by atoms with E-state index >= 15 is 0 Å². The van der Waals surface area contributed by atoms with E-state index in [1.165, 1.54) is 0 Å². The highest BCUT2D eigenvalue weighted by Crippen LogP contribution is 2.28. The van der Waals surface area contributed by atoms with Crippen molar-refractivity contribution in [1.29, 1.82) is 0 Å². The first-order chi connectivity index (χ1) is 7.04. The molecule has 0 saturated heterocycles. The highest BCUT2D eigenvalue weighted by atomic mass is 35.5. The summed E-state index contributed by atoms with van der Waals surface area (Å²) in [5, 5.41) is 9.25. The minimum atomic E-state index is -0.796. The molecule has 0 fully saturated rings. The van der Waals surface area contributed by atoms with Gasteiger partial charge in [-0.3, -0.25) is 4.79 Å². The molecule has 1 unspecified atom stereocenters. The van der Waals surface area contributed by atoms with Crippen LogP contribution in [-0.2, 0) is 4.79 Å². The lowest BCUT2D eigenvalue weighted by molar-refractivity contribution is -0.137. The number of aliphatic carboxylic acids is 1. The van der Waals surface area contributed by atoms with Gasteiger partial charge in [-0.25, -0.2) is 0 Å². The third-order valence-corrected chi connectivity index (χ3v) is 2.75. The van der Waals surface area contributed by atoms with Crippen molar-refractivity contribution >= 4 is 23.3 Å². The van der Waals surface area contributed by atoms with Crippen molar-refractivity contribution in [3.05, 3.63) is 28.8 Å². The van der Waals surface area contributed by atoms with Gasteiger partial charge in [0.2, 0.25) is 0 Å². The van der Waals surface area contributed by atoms with Gasteiger partial charge in [-0.1, -0.05) is 24.6 Å². The van der Waals surface area contributed by atoms with Crippen molar-refractivity contribution < 1.29 is 9.90 Å². The second-order valence-electron chi connectivity index (χ2n) is 3.48. The maximum absolute atomic E-state index is 10.6. The third kappa shape index (κ3) is 3.13. The summed E-state index contributed by atoms with van der Waals surface area (Å²) in [6, 6.07) is 5.28. The molecule has 1 aromatic carbocycles. The molecule has 0 aliphatic heterocycles. The van der Waals surface area contributed by atoms with Crippen molar-refractivity contribution in [3.63, 3.8) is 0 Å². The van der Waals surface area contributed by atoms with Crippen molar-refractivity contribution in [2.45, 2.75) is 25.7 Å². The molecule has 0 heterocycles. The molecule has 15 heavy (non-hydrogen) atoms. The van der Waals surface area contributed by atoms with Crippen LogP contribution in [0.4, 0.5) is 5.69 Å². The van der Waals surface area contributed by atoms with Crippen LogP contribution >= 0.6 is 11.6 Å². The molecule has 1 rings (SSSR count). The zero-order valence-corrected chi connectivity index (χ0v) is 9.29. The molecule has 1 atom stereocenters. The van der Waals surface area contributed by atoms with Crippen molar-refractivity contribution in [1.82, 2.24) is 0 Å². The Kier molecular flexibility index (Phi) is 3.97. The summed E-state index contributed by atoms with van der Waals surface area (Å²) in [6.07, 6.45) is 0.894. The molecule has 1 aromatic rings. The first-order valence-corrected chi connectivity index (χ1v) is 5.19. The molecular formula is C11H14ClNO2. The van der Waals surface area contributed by atoms with Gasteiger partial charge in [0.1, 0.15) is 0 Å². The Hall–Kier alpha value is -1.22. The first-order valence-electron chi connectivity index (χ1n) is 4.81. The summed E-state index contributed by atoms with van der Waals surface area (Å²) >= 11 is 5.79. The number of rotatable bonds is 4. The standard InChI is InChI=1S/C11H14ClNO2/c1-2-7(6-11(14)15)8-3-4-9(12)10(13)5-8/h3-5,7H,2,6,13H2,1H3,(H,14,15). The first kappa shape index (κ1) is 11.9. The summed E-state index contributed by atoms with van der Waals surface area (Å²) in [6.45, 7) is 1.96. The molecule has 0 radical (unpaired) electrons. The smallest absolute Gasteiger partial charge is 0.303 e. The largest absolute Gasteiger partial charge is 0.481 e. The lowest BCUT2D eigenvalue weighted by atomic mass is 9.93. The second-order valence-corrected chi connectivity index (χ2v) is 3.89. The highest BCUT2D eigenvalue weighted by molar-refractivity contribution is 6.33. The number of hydrogen-bond acceptors (Lipinski definition) is 2. The average molecular weight is 228 g/mol. The van der Waals surface area contributed by atoms with Gasteiger partial charge in [0.05, 0.1) is 17.1 Å². The SMILES string of the molecule is CCC(CC(=O)O)c1ccc(Cl)c(N)c1. The Morgan fingerprint density at radius 1 is 1.60 bits per heavy atom. The van der Waals surface area contributed by atoms with E-state index in [0.717, 1.165) is 12.0 Å². The molecule has 3 nitrogen and oxygen atoms in total. The summed E-state index contributed by atoms with van der Waals surface area (Å²) in [5.41, 5.74) is 7.09. The molecule has 82 valence electrons. The predicted molar refractivity (Wildman–Crippen MR) is 61.1 cm³/mol. The molecule has 0 amide bonds. The number of hydrogen-bond donors (Lipinski definition) is 2. The van der Waals surface area contributed by atoms with Crippen LogP contribution in [0.3, 0.4) is 0 Å². The summed E-state index contributed by atoms with van der Waals surface area (Å²) in [5.74, 6) is -0.794. The Balaban J connectivity index is 2.92. The van der Waals surface area contributed by atoms with E-state index in [1.807, 2.05) is 13.0 Å². The van der Waals surface area contributed by atoms with Crippen molar-refractivity contribution in [2.75, 3.05) is 5.73 Å². The summed E-state index contributed by atoms with van der Waals surface area (Å²) in [7, 11) is 0. The van der Waals surface area contributed by atoms with Crippen LogP contribution in [0.1, 0.15) is 31.2 Å². The minimum absolute atomic E-state index is 0.00191. The fourth-order valence-corrected chi connectivity index (χ4v) is 1.64. The molecule has 3 N–H and O–H groups in total. The van der Waals surface area contributed by atoms with Gasteiger partial charge in [-0.05, 0) is 30.0 Å². The van der Waals surface area contributed by atoms with Crippen LogP contribution in [0.15, 0.2) is 18.2 Å². The molecule has 4 heteroatoms. The Labute approximate surface area is 93.9 Å². The van der Waals surface area contributed by atoms with Gasteiger partial charge < -0.3 is 10.8 Å². The van der Waals surface area contributed by atoms with Gasteiger partial charge in [0.25, 0.3) is 0 Å². The molecule has 0 aromatic heterocycles. The highest BCUT2D eigenvalue weighted by Gasteiger charge is 2.14. The number of carboxylic acids is 1. The molecule has 0 bridgehead atoms. The lowest BCUT2D eigenvalue weighted by Crippen LogP contribution is -2.05. The van der Waals surface area contributed by atoms with E-state index in [-0.39, 0.29) is 12.3 Å². The lowest BCUT2D eigenvalue weighted by Gasteiger charge is -2.13. The predicted octanol–water partition coefficient (Wildman–Crippen LogP) is 2.89. The number of anilines is 1. The fraction of sp³-hybridized carbons (Fsp3) is 0.364. The number of nitrogen functional groups attached to an aromatic ring is 1. The van der Waals surface area contributed by atoms with Crippen LogP contribution in [0, 0.1) is 0 Å².